The number of amides is 2. The second-order valence-corrected chi connectivity index (χ2v) is 8.22. The number of benzene rings is 3. The minimum atomic E-state index is -0.377. The van der Waals surface area contributed by atoms with Gasteiger partial charge in [0.25, 0.3) is 11.8 Å². The third kappa shape index (κ3) is 5.67. The number of carbonyl (C=O) groups is 2. The van der Waals surface area contributed by atoms with Crippen LogP contribution in [-0.4, -0.2) is 32.5 Å². The Bertz CT molecular complexity index is 1440. The van der Waals surface area contributed by atoms with Crippen molar-refractivity contribution in [2.75, 3.05) is 36.2 Å². The molecule has 0 atom stereocenters. The van der Waals surface area contributed by atoms with Crippen LogP contribution in [0.1, 0.15) is 15.9 Å². The molecule has 8 heteroatoms. The molecule has 0 radical (unpaired) electrons. The lowest BCUT2D eigenvalue weighted by molar-refractivity contribution is -0.118. The fourth-order valence-corrected chi connectivity index (χ4v) is 3.43. The highest BCUT2D eigenvalue weighted by atomic mass is 16.5. The number of nitrogens with one attached hydrogen (secondary N) is 2. The van der Waals surface area contributed by atoms with Gasteiger partial charge in [-0.05, 0) is 61.5 Å². The lowest BCUT2D eigenvalue weighted by Crippen LogP contribution is -2.20. The topological polar surface area (TPSA) is 101 Å². The predicted octanol–water partition coefficient (Wildman–Crippen LogP) is 4.44. The maximum Gasteiger partial charge on any atom is 0.262 e. The second-order valence-electron chi connectivity index (χ2n) is 8.22. The quantitative estimate of drug-likeness (QED) is 0.413. The van der Waals surface area contributed by atoms with E-state index in [-0.39, 0.29) is 23.9 Å². The van der Waals surface area contributed by atoms with Crippen LogP contribution >= 0.6 is 0 Å². The van der Waals surface area contributed by atoms with Crippen molar-refractivity contribution in [2.45, 2.75) is 6.92 Å². The summed E-state index contributed by atoms with van der Waals surface area (Å²) in [5.74, 6) is -0.223. The molecule has 4 aromatic rings. The molecule has 0 spiro atoms. The number of rotatable bonds is 7. The molecule has 0 aliphatic carbocycles. The van der Waals surface area contributed by atoms with Crippen molar-refractivity contribution >= 4 is 39.8 Å². The molecule has 0 fully saturated rings. The summed E-state index contributed by atoms with van der Waals surface area (Å²) in [6.45, 7) is 1.44. The van der Waals surface area contributed by atoms with E-state index in [2.05, 4.69) is 10.6 Å². The first-order valence-corrected chi connectivity index (χ1v) is 10.9. The summed E-state index contributed by atoms with van der Waals surface area (Å²) >= 11 is 0. The van der Waals surface area contributed by atoms with Crippen molar-refractivity contribution in [2.24, 2.45) is 0 Å². The zero-order valence-electron chi connectivity index (χ0n) is 19.6. The van der Waals surface area contributed by atoms with E-state index in [1.54, 1.807) is 61.5 Å². The monoisotopic (exact) mass is 471 g/mol. The number of fused-ring (bicyclic) bond motifs is 1. The van der Waals surface area contributed by atoms with E-state index in [1.165, 1.54) is 6.26 Å². The fourth-order valence-electron chi connectivity index (χ4n) is 3.43. The molecular weight excluding hydrogens is 446 g/mol. The van der Waals surface area contributed by atoms with E-state index in [0.717, 1.165) is 5.69 Å². The number of ether oxygens (including phenoxy) is 1. The molecule has 4 rings (SSSR count). The molecule has 0 aliphatic heterocycles. The minimum Gasteiger partial charge on any atom is -0.484 e. The van der Waals surface area contributed by atoms with Gasteiger partial charge in [-0.3, -0.25) is 14.4 Å². The molecule has 0 bridgehead atoms. The molecule has 0 unspecified atom stereocenters. The number of hydrogen-bond acceptors (Lipinski definition) is 6. The van der Waals surface area contributed by atoms with Crippen molar-refractivity contribution in [1.82, 2.24) is 0 Å². The highest BCUT2D eigenvalue weighted by Crippen LogP contribution is 2.20. The second kappa shape index (κ2) is 10.1. The van der Waals surface area contributed by atoms with Crippen LogP contribution in [0.2, 0.25) is 0 Å². The first-order chi connectivity index (χ1) is 16.8. The largest absolute Gasteiger partial charge is 0.484 e. The van der Waals surface area contributed by atoms with Gasteiger partial charge in [-0.15, -0.1) is 0 Å². The number of nitrogens with zero attached hydrogens (tertiary/aromatic N) is 1. The fraction of sp³-hybridized carbons (Fsp3) is 0.148. The van der Waals surface area contributed by atoms with Crippen molar-refractivity contribution in [3.63, 3.8) is 0 Å². The third-order valence-electron chi connectivity index (χ3n) is 5.34. The molecule has 2 N–H and O–H groups in total. The molecule has 0 saturated heterocycles. The van der Waals surface area contributed by atoms with Crippen LogP contribution in [0.15, 0.2) is 82.2 Å². The van der Waals surface area contributed by atoms with Crippen molar-refractivity contribution in [3.05, 3.63) is 94.3 Å². The summed E-state index contributed by atoms with van der Waals surface area (Å²) < 4.78 is 11.0. The molecule has 2 amide bonds. The van der Waals surface area contributed by atoms with Gasteiger partial charge in [0.05, 0.1) is 11.6 Å². The van der Waals surface area contributed by atoms with Crippen molar-refractivity contribution in [3.8, 4) is 5.75 Å². The standard InChI is InChI=1S/C27H25N3O5/c1-17-15-35-24-14-22(11-12-23(24)26(17)32)34-16-25(31)28-19-5-4-6-20(13-19)29-27(33)18-7-9-21(10-8-18)30(2)3/h4-15H,16H2,1-3H3,(H,28,31)(H,29,33). The Morgan fingerprint density at radius 1 is 0.943 bits per heavy atom. The molecule has 1 heterocycles. The van der Waals surface area contributed by atoms with Crippen molar-refractivity contribution < 1.29 is 18.7 Å². The van der Waals surface area contributed by atoms with Crippen LogP contribution in [-0.2, 0) is 4.79 Å². The average molecular weight is 472 g/mol. The van der Waals surface area contributed by atoms with Gasteiger partial charge in [0.1, 0.15) is 11.3 Å². The summed E-state index contributed by atoms with van der Waals surface area (Å²) in [6, 6.07) is 18.9. The number of hydrogen-bond donors (Lipinski definition) is 2. The van der Waals surface area contributed by atoms with Gasteiger partial charge in [-0.1, -0.05) is 6.07 Å². The minimum absolute atomic E-state index is 0.104. The third-order valence-corrected chi connectivity index (χ3v) is 5.34. The van der Waals surface area contributed by atoms with E-state index >= 15 is 0 Å². The average Bonchev–Trinajstić information content (AvgIpc) is 2.85. The number of carbonyl (C=O) groups excluding carboxylic acids is 2. The van der Waals surface area contributed by atoms with E-state index in [4.69, 9.17) is 9.15 Å². The first-order valence-electron chi connectivity index (χ1n) is 10.9. The molecule has 178 valence electrons. The van der Waals surface area contributed by atoms with Gasteiger partial charge in [-0.2, -0.15) is 0 Å². The lowest BCUT2D eigenvalue weighted by Gasteiger charge is -2.13. The Balaban J connectivity index is 1.35. The molecule has 1 aromatic heterocycles. The van der Waals surface area contributed by atoms with Crippen LogP contribution < -0.4 is 25.7 Å². The molecule has 35 heavy (non-hydrogen) atoms. The maximum absolute atomic E-state index is 12.6. The Labute approximate surface area is 202 Å². The molecule has 0 saturated carbocycles. The van der Waals surface area contributed by atoms with Gasteiger partial charge in [-0.25, -0.2) is 0 Å². The predicted molar refractivity (Wildman–Crippen MR) is 137 cm³/mol. The van der Waals surface area contributed by atoms with E-state index in [9.17, 15) is 14.4 Å². The highest BCUT2D eigenvalue weighted by molar-refractivity contribution is 6.05. The lowest BCUT2D eigenvalue weighted by atomic mass is 10.2. The summed E-state index contributed by atoms with van der Waals surface area (Å²) in [5, 5.41) is 6.03. The molecule has 8 nitrogen and oxygen atoms in total. The zero-order valence-corrected chi connectivity index (χ0v) is 19.6. The van der Waals surface area contributed by atoms with Crippen molar-refractivity contribution in [1.29, 1.82) is 0 Å². The normalized spacial score (nSPS) is 10.6. The SMILES string of the molecule is Cc1coc2cc(OCC(=O)Nc3cccc(NC(=O)c4ccc(N(C)C)cc4)c3)ccc2c1=O. The smallest absolute Gasteiger partial charge is 0.262 e. The molecule has 0 aliphatic rings. The van der Waals surface area contributed by atoms with Gasteiger partial charge < -0.3 is 24.7 Å². The molecule has 3 aromatic carbocycles. The van der Waals surface area contributed by atoms with Gasteiger partial charge in [0, 0.05) is 48.4 Å². The summed E-state index contributed by atoms with van der Waals surface area (Å²) in [5.41, 5.74) is 3.39. The summed E-state index contributed by atoms with van der Waals surface area (Å²) in [7, 11) is 3.86. The Morgan fingerprint density at radius 2 is 1.66 bits per heavy atom. The van der Waals surface area contributed by atoms with Crippen LogP contribution in [0, 0.1) is 6.92 Å². The van der Waals surface area contributed by atoms with Gasteiger partial charge in [0.2, 0.25) is 0 Å². The number of anilines is 3. The Morgan fingerprint density at radius 3 is 2.37 bits per heavy atom. The van der Waals surface area contributed by atoms with Crippen LogP contribution in [0.4, 0.5) is 17.1 Å². The maximum atomic E-state index is 12.6. The van der Waals surface area contributed by atoms with Gasteiger partial charge >= 0.3 is 0 Å². The van der Waals surface area contributed by atoms with Crippen LogP contribution in [0.5, 0.6) is 5.75 Å². The zero-order chi connectivity index (χ0) is 24.9. The van der Waals surface area contributed by atoms with Crippen LogP contribution in [0.25, 0.3) is 11.0 Å². The Kier molecular flexibility index (Phi) is 6.82. The Hall–Kier alpha value is -4.59. The summed E-state index contributed by atoms with van der Waals surface area (Å²) in [4.78, 5) is 39.0. The van der Waals surface area contributed by atoms with E-state index in [1.807, 2.05) is 31.1 Å². The molecular formula is C27H25N3O5. The summed E-state index contributed by atoms with van der Waals surface area (Å²) in [6.07, 6.45) is 1.39. The van der Waals surface area contributed by atoms with E-state index in [0.29, 0.717) is 39.2 Å². The highest BCUT2D eigenvalue weighted by Gasteiger charge is 2.10. The first kappa shape index (κ1) is 23.6. The van der Waals surface area contributed by atoms with Gasteiger partial charge in [0.15, 0.2) is 12.0 Å². The van der Waals surface area contributed by atoms with E-state index < -0.39 is 0 Å². The van der Waals surface area contributed by atoms with Crippen LogP contribution in [0.3, 0.4) is 0 Å². The number of aryl methyl sites for hydroxylation is 1.